The van der Waals surface area contributed by atoms with Gasteiger partial charge in [0.25, 0.3) is 0 Å². The fourth-order valence-corrected chi connectivity index (χ4v) is 3.07. The summed E-state index contributed by atoms with van der Waals surface area (Å²) in [5.74, 6) is 1.60. The predicted molar refractivity (Wildman–Crippen MR) is 58.6 cm³/mol. The van der Waals surface area contributed by atoms with E-state index in [0.717, 1.165) is 11.8 Å². The second-order valence-corrected chi connectivity index (χ2v) is 5.67. The molecule has 3 atom stereocenters. The van der Waals surface area contributed by atoms with Gasteiger partial charge in [0.15, 0.2) is 0 Å². The summed E-state index contributed by atoms with van der Waals surface area (Å²) in [4.78, 5) is 0. The molecule has 2 N–H and O–H groups in total. The molecule has 0 saturated heterocycles. The third kappa shape index (κ3) is 2.70. The van der Waals surface area contributed by atoms with Crippen LogP contribution in [-0.4, -0.2) is 6.04 Å². The lowest BCUT2D eigenvalue weighted by Gasteiger charge is -2.23. The number of nitrogens with two attached hydrogens (primary N) is 1. The Morgan fingerprint density at radius 3 is 2.38 bits per heavy atom. The maximum atomic E-state index is 6.20. The highest BCUT2D eigenvalue weighted by Crippen LogP contribution is 2.46. The minimum absolute atomic E-state index is 0.446. The third-order valence-electron chi connectivity index (χ3n) is 3.57. The summed E-state index contributed by atoms with van der Waals surface area (Å²) in [7, 11) is 0. The van der Waals surface area contributed by atoms with E-state index in [-0.39, 0.29) is 0 Å². The zero-order valence-corrected chi connectivity index (χ0v) is 9.64. The van der Waals surface area contributed by atoms with Crippen molar-refractivity contribution in [2.24, 2.45) is 23.0 Å². The highest BCUT2D eigenvalue weighted by molar-refractivity contribution is 4.91. The van der Waals surface area contributed by atoms with Gasteiger partial charge in [0.1, 0.15) is 0 Å². The second-order valence-electron chi connectivity index (χ2n) is 5.67. The molecule has 1 aliphatic rings. The van der Waals surface area contributed by atoms with Gasteiger partial charge in [0, 0.05) is 6.04 Å². The van der Waals surface area contributed by atoms with Gasteiger partial charge in [-0.2, -0.15) is 0 Å². The Hall–Kier alpha value is -0.0400. The van der Waals surface area contributed by atoms with Gasteiger partial charge in [-0.05, 0) is 36.5 Å². The van der Waals surface area contributed by atoms with Crippen LogP contribution in [0.5, 0.6) is 0 Å². The van der Waals surface area contributed by atoms with E-state index in [4.69, 9.17) is 5.73 Å². The van der Waals surface area contributed by atoms with E-state index in [9.17, 15) is 0 Å². The van der Waals surface area contributed by atoms with E-state index in [2.05, 4.69) is 27.7 Å². The Morgan fingerprint density at radius 1 is 1.38 bits per heavy atom. The van der Waals surface area contributed by atoms with Gasteiger partial charge < -0.3 is 5.73 Å². The maximum Gasteiger partial charge on any atom is 0.00698 e. The molecule has 0 spiro atoms. The summed E-state index contributed by atoms with van der Waals surface area (Å²) in [5.41, 5.74) is 6.74. The molecule has 1 saturated carbocycles. The Balaban J connectivity index is 2.52. The van der Waals surface area contributed by atoms with Crippen LogP contribution in [0, 0.1) is 17.3 Å². The summed E-state index contributed by atoms with van der Waals surface area (Å²) >= 11 is 0. The monoisotopic (exact) mass is 183 g/mol. The lowest BCUT2D eigenvalue weighted by Crippen LogP contribution is -2.31. The van der Waals surface area contributed by atoms with E-state index in [0.29, 0.717) is 11.5 Å². The smallest absolute Gasteiger partial charge is 0.00698 e. The van der Waals surface area contributed by atoms with Gasteiger partial charge in [-0.25, -0.2) is 0 Å². The first-order valence-electron chi connectivity index (χ1n) is 5.72. The standard InChI is InChI=1S/C12H25N/c1-5-6-11(13)10-8-12(3,4)7-9(10)2/h9-11H,5-8,13H2,1-4H3. The molecule has 0 amide bonds. The van der Waals surface area contributed by atoms with Crippen molar-refractivity contribution in [2.75, 3.05) is 0 Å². The molecule has 1 nitrogen and oxygen atoms in total. The van der Waals surface area contributed by atoms with E-state index in [1.807, 2.05) is 0 Å². The molecule has 1 rings (SSSR count). The SMILES string of the molecule is CCCC(N)C1CC(C)(C)CC1C. The number of hydrogen-bond acceptors (Lipinski definition) is 1. The van der Waals surface area contributed by atoms with Crippen LogP contribution in [0.4, 0.5) is 0 Å². The highest BCUT2D eigenvalue weighted by Gasteiger charge is 2.38. The molecule has 3 unspecified atom stereocenters. The van der Waals surface area contributed by atoms with Crippen molar-refractivity contribution in [3.8, 4) is 0 Å². The molecular formula is C12H25N. The third-order valence-corrected chi connectivity index (χ3v) is 3.57. The van der Waals surface area contributed by atoms with Crippen molar-refractivity contribution in [3.05, 3.63) is 0 Å². The van der Waals surface area contributed by atoms with Crippen LogP contribution in [0.3, 0.4) is 0 Å². The molecule has 0 bridgehead atoms. The van der Waals surface area contributed by atoms with E-state index in [1.165, 1.54) is 25.7 Å². The topological polar surface area (TPSA) is 26.0 Å². The molecule has 0 aromatic heterocycles. The Morgan fingerprint density at radius 2 is 2.00 bits per heavy atom. The molecular weight excluding hydrogens is 158 g/mol. The van der Waals surface area contributed by atoms with Crippen molar-refractivity contribution in [2.45, 2.75) is 59.4 Å². The first kappa shape index (κ1) is 11.0. The largest absolute Gasteiger partial charge is 0.327 e. The second kappa shape index (κ2) is 4.00. The fraction of sp³-hybridized carbons (Fsp3) is 1.00. The fourth-order valence-electron chi connectivity index (χ4n) is 3.07. The minimum Gasteiger partial charge on any atom is -0.327 e. The van der Waals surface area contributed by atoms with Crippen molar-refractivity contribution < 1.29 is 0 Å². The molecule has 0 aliphatic heterocycles. The molecule has 0 heterocycles. The minimum atomic E-state index is 0.446. The van der Waals surface area contributed by atoms with Crippen LogP contribution in [0.2, 0.25) is 0 Å². The molecule has 13 heavy (non-hydrogen) atoms. The van der Waals surface area contributed by atoms with Crippen molar-refractivity contribution in [3.63, 3.8) is 0 Å². The molecule has 0 radical (unpaired) electrons. The van der Waals surface area contributed by atoms with Crippen LogP contribution >= 0.6 is 0 Å². The van der Waals surface area contributed by atoms with Gasteiger partial charge in [0.05, 0.1) is 0 Å². The van der Waals surface area contributed by atoms with Crippen LogP contribution in [-0.2, 0) is 0 Å². The van der Waals surface area contributed by atoms with Crippen LogP contribution in [0.25, 0.3) is 0 Å². The highest BCUT2D eigenvalue weighted by atomic mass is 14.7. The molecule has 0 aromatic rings. The number of hydrogen-bond donors (Lipinski definition) is 1. The zero-order chi connectivity index (χ0) is 10.1. The predicted octanol–water partition coefficient (Wildman–Crippen LogP) is 3.19. The maximum absolute atomic E-state index is 6.20. The zero-order valence-electron chi connectivity index (χ0n) is 9.64. The first-order chi connectivity index (χ1) is 5.96. The summed E-state index contributed by atoms with van der Waals surface area (Å²) in [6.45, 7) is 9.35. The summed E-state index contributed by atoms with van der Waals surface area (Å²) in [6, 6.07) is 0.446. The van der Waals surface area contributed by atoms with E-state index >= 15 is 0 Å². The van der Waals surface area contributed by atoms with Gasteiger partial charge >= 0.3 is 0 Å². The molecule has 0 aromatic carbocycles. The average Bonchev–Trinajstić information content (AvgIpc) is 2.25. The normalized spacial score (nSPS) is 34.8. The number of rotatable bonds is 3. The Kier molecular flexibility index (Phi) is 3.39. The molecule has 1 aliphatic carbocycles. The van der Waals surface area contributed by atoms with Crippen LogP contribution < -0.4 is 5.73 Å². The van der Waals surface area contributed by atoms with Gasteiger partial charge in [0.2, 0.25) is 0 Å². The van der Waals surface area contributed by atoms with Gasteiger partial charge in [-0.15, -0.1) is 0 Å². The Bertz CT molecular complexity index is 163. The van der Waals surface area contributed by atoms with Crippen molar-refractivity contribution in [1.82, 2.24) is 0 Å². The van der Waals surface area contributed by atoms with E-state index < -0.39 is 0 Å². The molecule has 78 valence electrons. The quantitative estimate of drug-likeness (QED) is 0.714. The van der Waals surface area contributed by atoms with Gasteiger partial charge in [-0.3, -0.25) is 0 Å². The average molecular weight is 183 g/mol. The van der Waals surface area contributed by atoms with Crippen LogP contribution in [0.15, 0.2) is 0 Å². The summed E-state index contributed by atoms with van der Waals surface area (Å²) < 4.78 is 0. The first-order valence-corrected chi connectivity index (χ1v) is 5.72. The summed E-state index contributed by atoms with van der Waals surface area (Å²) in [5, 5.41) is 0. The summed E-state index contributed by atoms with van der Waals surface area (Å²) in [6.07, 6.45) is 5.11. The van der Waals surface area contributed by atoms with Crippen molar-refractivity contribution >= 4 is 0 Å². The molecule has 1 heteroatoms. The Labute approximate surface area is 83.1 Å². The van der Waals surface area contributed by atoms with E-state index in [1.54, 1.807) is 0 Å². The van der Waals surface area contributed by atoms with Gasteiger partial charge in [-0.1, -0.05) is 34.1 Å². The van der Waals surface area contributed by atoms with Crippen LogP contribution in [0.1, 0.15) is 53.4 Å². The van der Waals surface area contributed by atoms with Crippen molar-refractivity contribution in [1.29, 1.82) is 0 Å². The lowest BCUT2D eigenvalue weighted by molar-refractivity contribution is 0.316. The lowest BCUT2D eigenvalue weighted by atomic mass is 9.87. The molecule has 1 fully saturated rings.